The zero-order valence-corrected chi connectivity index (χ0v) is 12.4. The van der Waals surface area contributed by atoms with Gasteiger partial charge >= 0.3 is 0 Å². The highest BCUT2D eigenvalue weighted by atomic mass is 16.6. The topological polar surface area (TPSA) is 55.2 Å². The molecule has 0 aliphatic heterocycles. The van der Waals surface area contributed by atoms with Crippen molar-refractivity contribution in [3.63, 3.8) is 0 Å². The number of hydrogen-bond acceptors (Lipinski definition) is 3. The van der Waals surface area contributed by atoms with E-state index in [1.165, 1.54) is 0 Å². The highest BCUT2D eigenvalue weighted by molar-refractivity contribution is 5.70. The molecule has 0 saturated heterocycles. The van der Waals surface area contributed by atoms with E-state index in [-0.39, 0.29) is 0 Å². The molecule has 0 bridgehead atoms. The van der Waals surface area contributed by atoms with Gasteiger partial charge in [-0.3, -0.25) is 10.1 Å². The first kappa shape index (κ1) is 15.5. The SMILES string of the molecule is C/C=C(/CN/C(=C\[N+](=O)[O-])c1ccccc1)c1ccccc1. The van der Waals surface area contributed by atoms with E-state index < -0.39 is 4.92 Å². The first-order chi connectivity index (χ1) is 10.7. The summed E-state index contributed by atoms with van der Waals surface area (Å²) in [7, 11) is 0. The zero-order valence-electron chi connectivity index (χ0n) is 12.4. The Hall–Kier alpha value is -2.88. The van der Waals surface area contributed by atoms with Gasteiger partial charge in [-0.2, -0.15) is 0 Å². The van der Waals surface area contributed by atoms with Crippen LogP contribution >= 0.6 is 0 Å². The van der Waals surface area contributed by atoms with Crippen molar-refractivity contribution in [1.82, 2.24) is 5.32 Å². The summed E-state index contributed by atoms with van der Waals surface area (Å²) in [6.45, 7) is 2.48. The molecule has 0 spiro atoms. The predicted molar refractivity (Wildman–Crippen MR) is 89.5 cm³/mol. The van der Waals surface area contributed by atoms with Gasteiger partial charge in [0.2, 0.25) is 0 Å². The van der Waals surface area contributed by atoms with E-state index in [2.05, 4.69) is 5.32 Å². The number of nitrogens with one attached hydrogen (secondary N) is 1. The number of hydrogen-bond donors (Lipinski definition) is 1. The van der Waals surface area contributed by atoms with E-state index in [1.807, 2.05) is 73.7 Å². The molecule has 0 aliphatic rings. The molecule has 0 fully saturated rings. The standard InChI is InChI=1S/C18H18N2O2/c1-2-15(16-9-5-3-6-10-16)13-19-18(14-20(21)22)17-11-7-4-8-12-17/h2-12,14,19H,13H2,1H3/b15-2-,18-14-. The van der Waals surface area contributed by atoms with Crippen LogP contribution in [0.4, 0.5) is 0 Å². The number of rotatable bonds is 6. The van der Waals surface area contributed by atoms with Crippen LogP contribution in [0.5, 0.6) is 0 Å². The molecule has 0 aliphatic carbocycles. The molecule has 0 radical (unpaired) electrons. The molecule has 0 saturated carbocycles. The third kappa shape index (κ3) is 4.31. The lowest BCUT2D eigenvalue weighted by atomic mass is 10.1. The maximum absolute atomic E-state index is 10.8. The number of allylic oxidation sites excluding steroid dienone is 1. The lowest BCUT2D eigenvalue weighted by Crippen LogP contribution is -2.16. The minimum Gasteiger partial charge on any atom is -0.375 e. The van der Waals surface area contributed by atoms with Crippen LogP contribution in [0.3, 0.4) is 0 Å². The van der Waals surface area contributed by atoms with Crippen molar-refractivity contribution in [2.45, 2.75) is 6.92 Å². The fourth-order valence-electron chi connectivity index (χ4n) is 2.16. The van der Waals surface area contributed by atoms with Crippen molar-refractivity contribution in [2.75, 3.05) is 6.54 Å². The van der Waals surface area contributed by atoms with Gasteiger partial charge in [-0.15, -0.1) is 0 Å². The Labute approximate surface area is 130 Å². The van der Waals surface area contributed by atoms with Crippen LogP contribution in [0, 0.1) is 10.1 Å². The molecular weight excluding hydrogens is 276 g/mol. The highest BCUT2D eigenvalue weighted by Gasteiger charge is 2.07. The predicted octanol–water partition coefficient (Wildman–Crippen LogP) is 3.95. The Morgan fingerprint density at radius 2 is 1.59 bits per heavy atom. The fourth-order valence-corrected chi connectivity index (χ4v) is 2.16. The van der Waals surface area contributed by atoms with Crippen LogP contribution in [-0.4, -0.2) is 11.5 Å². The number of nitrogens with zero attached hydrogens (tertiary/aromatic N) is 1. The first-order valence-electron chi connectivity index (χ1n) is 7.06. The Morgan fingerprint density at radius 3 is 2.09 bits per heavy atom. The fraction of sp³-hybridized carbons (Fsp3) is 0.111. The van der Waals surface area contributed by atoms with Gasteiger partial charge < -0.3 is 5.32 Å². The third-order valence-corrected chi connectivity index (χ3v) is 3.28. The summed E-state index contributed by atoms with van der Waals surface area (Å²) in [6, 6.07) is 19.3. The molecule has 112 valence electrons. The van der Waals surface area contributed by atoms with E-state index in [9.17, 15) is 10.1 Å². The maximum Gasteiger partial charge on any atom is 0.258 e. The summed E-state index contributed by atoms with van der Waals surface area (Å²) in [4.78, 5) is 10.4. The second kappa shape index (κ2) is 7.78. The van der Waals surface area contributed by atoms with E-state index in [4.69, 9.17) is 0 Å². The quantitative estimate of drug-likeness (QED) is 0.648. The summed E-state index contributed by atoms with van der Waals surface area (Å²) in [5.41, 5.74) is 3.49. The van der Waals surface area contributed by atoms with E-state index in [0.717, 1.165) is 22.9 Å². The van der Waals surface area contributed by atoms with Gasteiger partial charge in [0.05, 0.1) is 4.92 Å². The number of benzene rings is 2. The summed E-state index contributed by atoms with van der Waals surface area (Å²) in [6.07, 6.45) is 3.02. The average molecular weight is 294 g/mol. The Balaban J connectivity index is 2.17. The molecule has 0 heterocycles. The maximum atomic E-state index is 10.8. The van der Waals surface area contributed by atoms with Crippen LogP contribution in [0.2, 0.25) is 0 Å². The van der Waals surface area contributed by atoms with Gasteiger partial charge in [0.15, 0.2) is 0 Å². The molecule has 4 heteroatoms. The minimum atomic E-state index is -0.437. The molecule has 0 atom stereocenters. The summed E-state index contributed by atoms with van der Waals surface area (Å²) in [5, 5.41) is 14.0. The van der Waals surface area contributed by atoms with Crippen molar-refractivity contribution < 1.29 is 4.92 Å². The molecule has 0 amide bonds. The average Bonchev–Trinajstić information content (AvgIpc) is 2.56. The number of nitro groups is 1. The lowest BCUT2D eigenvalue weighted by Gasteiger charge is -2.12. The van der Waals surface area contributed by atoms with Crippen LogP contribution < -0.4 is 5.32 Å². The first-order valence-corrected chi connectivity index (χ1v) is 7.06. The second-order valence-electron chi connectivity index (χ2n) is 4.73. The zero-order chi connectivity index (χ0) is 15.8. The van der Waals surface area contributed by atoms with Gasteiger partial charge in [0.1, 0.15) is 5.70 Å². The van der Waals surface area contributed by atoms with Gasteiger partial charge in [0.25, 0.3) is 6.20 Å². The molecule has 1 N–H and O–H groups in total. The molecule has 22 heavy (non-hydrogen) atoms. The van der Waals surface area contributed by atoms with E-state index >= 15 is 0 Å². The third-order valence-electron chi connectivity index (χ3n) is 3.28. The second-order valence-corrected chi connectivity index (χ2v) is 4.73. The van der Waals surface area contributed by atoms with Crippen molar-refractivity contribution in [3.8, 4) is 0 Å². The largest absolute Gasteiger partial charge is 0.375 e. The minimum absolute atomic E-state index is 0.437. The molecular formula is C18H18N2O2. The van der Waals surface area contributed by atoms with Crippen molar-refractivity contribution in [2.24, 2.45) is 0 Å². The van der Waals surface area contributed by atoms with E-state index in [1.54, 1.807) is 0 Å². The van der Waals surface area contributed by atoms with Gasteiger partial charge in [-0.05, 0) is 18.1 Å². The summed E-state index contributed by atoms with van der Waals surface area (Å²) >= 11 is 0. The van der Waals surface area contributed by atoms with Crippen molar-refractivity contribution >= 4 is 11.3 Å². The van der Waals surface area contributed by atoms with E-state index in [0.29, 0.717) is 12.2 Å². The van der Waals surface area contributed by atoms with Crippen molar-refractivity contribution in [3.05, 3.63) is 94.2 Å². The van der Waals surface area contributed by atoms with Gasteiger partial charge in [0, 0.05) is 12.1 Å². The van der Waals surface area contributed by atoms with Gasteiger partial charge in [-0.25, -0.2) is 0 Å². The van der Waals surface area contributed by atoms with Crippen LogP contribution in [0.1, 0.15) is 18.1 Å². The summed E-state index contributed by atoms with van der Waals surface area (Å²) < 4.78 is 0. The highest BCUT2D eigenvalue weighted by Crippen LogP contribution is 2.16. The molecule has 0 unspecified atom stereocenters. The van der Waals surface area contributed by atoms with Crippen LogP contribution in [-0.2, 0) is 0 Å². The molecule has 0 aromatic heterocycles. The smallest absolute Gasteiger partial charge is 0.258 e. The normalized spacial score (nSPS) is 12.0. The molecule has 4 nitrogen and oxygen atoms in total. The lowest BCUT2D eigenvalue weighted by molar-refractivity contribution is -0.401. The Bertz CT molecular complexity index is 677. The van der Waals surface area contributed by atoms with Crippen molar-refractivity contribution in [1.29, 1.82) is 0 Å². The Kier molecular flexibility index (Phi) is 5.49. The molecule has 2 aromatic rings. The summed E-state index contributed by atoms with van der Waals surface area (Å²) in [5.74, 6) is 0. The van der Waals surface area contributed by atoms with Crippen LogP contribution in [0.15, 0.2) is 72.9 Å². The van der Waals surface area contributed by atoms with Crippen LogP contribution in [0.25, 0.3) is 11.3 Å². The monoisotopic (exact) mass is 294 g/mol. The molecule has 2 aromatic carbocycles. The molecule has 2 rings (SSSR count). The van der Waals surface area contributed by atoms with Gasteiger partial charge in [-0.1, -0.05) is 66.7 Å². The Morgan fingerprint density at radius 1 is 1.05 bits per heavy atom.